The number of hydrogen-bond donors (Lipinski definition) is 3. The number of anilines is 1. The molecule has 1 aromatic carbocycles. The highest BCUT2D eigenvalue weighted by Gasteiger charge is 2.35. The number of methoxy groups -OCH3 is 1. The van der Waals surface area contributed by atoms with E-state index in [9.17, 15) is 14.4 Å². The molecule has 1 aliphatic rings. The predicted molar refractivity (Wildman–Crippen MR) is 137 cm³/mol. The number of hydrogen-bond acceptors (Lipinski definition) is 9. The van der Waals surface area contributed by atoms with E-state index in [2.05, 4.69) is 9.69 Å². The van der Waals surface area contributed by atoms with Crippen molar-refractivity contribution in [3.05, 3.63) is 62.8 Å². The van der Waals surface area contributed by atoms with Crippen molar-refractivity contribution >= 4 is 46.3 Å². The molecule has 3 aromatic rings. The Bertz CT molecular complexity index is 1210. The molecule has 0 spiro atoms. The van der Waals surface area contributed by atoms with E-state index in [0.29, 0.717) is 24.5 Å². The first-order valence-electron chi connectivity index (χ1n) is 11.3. The van der Waals surface area contributed by atoms with Crippen LogP contribution in [0.25, 0.3) is 0 Å². The van der Waals surface area contributed by atoms with Crippen LogP contribution in [0.3, 0.4) is 0 Å². The van der Waals surface area contributed by atoms with Gasteiger partial charge in [0.15, 0.2) is 5.69 Å². The second-order valence-electron chi connectivity index (χ2n) is 8.21. The maximum atomic E-state index is 13.9. The zero-order valence-corrected chi connectivity index (χ0v) is 21.3. The van der Waals surface area contributed by atoms with Crippen LogP contribution < -0.4 is 21.5 Å². The van der Waals surface area contributed by atoms with E-state index in [1.165, 1.54) is 16.2 Å². The fourth-order valence-corrected chi connectivity index (χ4v) is 5.45. The van der Waals surface area contributed by atoms with Gasteiger partial charge in [-0.2, -0.15) is 4.37 Å². The molecule has 1 saturated heterocycles. The van der Waals surface area contributed by atoms with Crippen LogP contribution in [0.2, 0.25) is 0 Å². The van der Waals surface area contributed by atoms with Gasteiger partial charge in [0, 0.05) is 18.0 Å². The summed E-state index contributed by atoms with van der Waals surface area (Å²) >= 11 is 2.24. The quantitative estimate of drug-likeness (QED) is 0.365. The summed E-state index contributed by atoms with van der Waals surface area (Å²) in [6, 6.07) is 9.71. The van der Waals surface area contributed by atoms with Gasteiger partial charge in [0.1, 0.15) is 16.7 Å². The van der Waals surface area contributed by atoms with E-state index >= 15 is 0 Å². The fourth-order valence-electron chi connectivity index (χ4n) is 3.99. The van der Waals surface area contributed by atoms with Crippen LogP contribution in [0.1, 0.15) is 49.5 Å². The van der Waals surface area contributed by atoms with Gasteiger partial charge in [-0.05, 0) is 53.5 Å². The van der Waals surface area contributed by atoms with Crippen LogP contribution in [-0.2, 0) is 16.1 Å². The second-order valence-corrected chi connectivity index (χ2v) is 10.0. The summed E-state index contributed by atoms with van der Waals surface area (Å²) in [5.41, 5.74) is 11.8. The number of thiophene rings is 1. The van der Waals surface area contributed by atoms with Gasteiger partial charge in [-0.1, -0.05) is 18.2 Å². The number of ether oxygens (including phenoxy) is 2. The molecule has 3 heterocycles. The third kappa shape index (κ3) is 5.66. The summed E-state index contributed by atoms with van der Waals surface area (Å²) in [4.78, 5) is 41.6. The Morgan fingerprint density at radius 1 is 1.28 bits per heavy atom. The molecule has 3 amide bonds. The van der Waals surface area contributed by atoms with E-state index in [4.69, 9.17) is 20.9 Å². The van der Waals surface area contributed by atoms with Crippen molar-refractivity contribution < 1.29 is 23.9 Å². The van der Waals surface area contributed by atoms with Gasteiger partial charge >= 0.3 is 0 Å². The zero-order chi connectivity index (χ0) is 25.7. The highest BCUT2D eigenvalue weighted by Crippen LogP contribution is 2.31. The number of amides is 3. The van der Waals surface area contributed by atoms with E-state index in [-0.39, 0.29) is 34.8 Å². The number of aromatic nitrogens is 1. The minimum atomic E-state index is -0.995. The van der Waals surface area contributed by atoms with Crippen molar-refractivity contribution in [2.75, 3.05) is 26.0 Å². The predicted octanol–water partition coefficient (Wildman–Crippen LogP) is 2.57. The number of primary amides is 1. The maximum absolute atomic E-state index is 13.9. The van der Waals surface area contributed by atoms with Crippen molar-refractivity contribution in [1.29, 1.82) is 0 Å². The van der Waals surface area contributed by atoms with E-state index < -0.39 is 17.9 Å². The SMILES string of the molecule is COc1ccc([C@@H](C(=O)NC[C@H]2CCCO2)N(Cc2cccs2)C(=O)c2snc(C(N)=O)c2N)cc1. The molecule has 2 aromatic heterocycles. The molecule has 0 bridgehead atoms. The summed E-state index contributed by atoms with van der Waals surface area (Å²) in [7, 11) is 1.55. The molecule has 1 fully saturated rings. The highest BCUT2D eigenvalue weighted by molar-refractivity contribution is 7.10. The number of carbonyl (C=O) groups is 3. The van der Waals surface area contributed by atoms with Gasteiger partial charge in [-0.3, -0.25) is 14.4 Å². The van der Waals surface area contributed by atoms with E-state index in [0.717, 1.165) is 29.3 Å². The first-order chi connectivity index (χ1) is 17.4. The van der Waals surface area contributed by atoms with Gasteiger partial charge in [0.25, 0.3) is 11.8 Å². The average molecular weight is 530 g/mol. The fraction of sp³-hybridized carbons (Fsp3) is 0.333. The Labute approximate surface area is 216 Å². The van der Waals surface area contributed by atoms with Crippen molar-refractivity contribution in [3.8, 4) is 5.75 Å². The van der Waals surface area contributed by atoms with Gasteiger partial charge in [-0.25, -0.2) is 0 Å². The van der Waals surface area contributed by atoms with Crippen molar-refractivity contribution in [3.63, 3.8) is 0 Å². The van der Waals surface area contributed by atoms with Crippen molar-refractivity contribution in [2.45, 2.75) is 31.5 Å². The Morgan fingerprint density at radius 3 is 2.64 bits per heavy atom. The standard InChI is InChI=1S/C24H27N5O5S2/c1-33-15-8-6-14(7-9-15)20(23(31)27-12-16-4-2-10-34-16)29(13-17-5-3-11-35-17)24(32)21-18(25)19(22(26)30)28-36-21/h3,5-9,11,16,20H,2,4,10,12-13,25H2,1H3,(H2,26,30)(H,27,31)/t16-,20+/m1/s1. The van der Waals surface area contributed by atoms with Crippen LogP contribution >= 0.6 is 22.9 Å². The van der Waals surface area contributed by atoms with Crippen LogP contribution in [0, 0.1) is 0 Å². The lowest BCUT2D eigenvalue weighted by Gasteiger charge is -2.31. The van der Waals surface area contributed by atoms with E-state index in [1.54, 1.807) is 31.4 Å². The van der Waals surface area contributed by atoms with Crippen LogP contribution in [0.5, 0.6) is 5.75 Å². The maximum Gasteiger partial charge on any atom is 0.270 e. The van der Waals surface area contributed by atoms with Crippen LogP contribution in [-0.4, -0.2) is 53.4 Å². The van der Waals surface area contributed by atoms with Gasteiger partial charge < -0.3 is 31.2 Å². The Hall–Kier alpha value is -3.48. The molecule has 1 aliphatic heterocycles. The molecule has 0 radical (unpaired) electrons. The summed E-state index contributed by atoms with van der Waals surface area (Å²) in [6.07, 6.45) is 1.74. The number of nitrogens with one attached hydrogen (secondary N) is 1. The van der Waals surface area contributed by atoms with Crippen molar-refractivity contribution in [2.24, 2.45) is 5.73 Å². The lowest BCUT2D eigenvalue weighted by atomic mass is 10.0. The summed E-state index contributed by atoms with van der Waals surface area (Å²) in [5, 5.41) is 4.85. The molecule has 0 saturated carbocycles. The largest absolute Gasteiger partial charge is 0.497 e. The Morgan fingerprint density at radius 2 is 2.06 bits per heavy atom. The number of carbonyl (C=O) groups excluding carboxylic acids is 3. The van der Waals surface area contributed by atoms with Gasteiger partial charge in [0.05, 0.1) is 25.4 Å². The molecule has 190 valence electrons. The molecule has 10 nitrogen and oxygen atoms in total. The average Bonchev–Trinajstić information content (AvgIpc) is 3.65. The van der Waals surface area contributed by atoms with Crippen LogP contribution in [0.15, 0.2) is 41.8 Å². The Kier molecular flexibility index (Phi) is 8.18. The van der Waals surface area contributed by atoms with Crippen molar-refractivity contribution in [1.82, 2.24) is 14.6 Å². The lowest BCUT2D eigenvalue weighted by Crippen LogP contribution is -2.45. The third-order valence-electron chi connectivity index (χ3n) is 5.84. The normalized spacial score (nSPS) is 15.9. The number of nitrogens with zero attached hydrogens (tertiary/aromatic N) is 2. The Balaban J connectivity index is 1.73. The number of nitrogen functional groups attached to an aromatic ring is 1. The first-order valence-corrected chi connectivity index (χ1v) is 13.0. The molecular weight excluding hydrogens is 502 g/mol. The minimum absolute atomic E-state index is 0.0470. The topological polar surface area (TPSA) is 150 Å². The number of benzene rings is 1. The minimum Gasteiger partial charge on any atom is -0.497 e. The third-order valence-corrected chi connectivity index (χ3v) is 7.55. The second kappa shape index (κ2) is 11.5. The number of nitrogens with two attached hydrogens (primary N) is 2. The summed E-state index contributed by atoms with van der Waals surface area (Å²) in [6.45, 7) is 1.14. The molecule has 12 heteroatoms. The highest BCUT2D eigenvalue weighted by atomic mass is 32.1. The zero-order valence-electron chi connectivity index (χ0n) is 19.6. The lowest BCUT2D eigenvalue weighted by molar-refractivity contribution is -0.126. The molecule has 5 N–H and O–H groups in total. The van der Waals surface area contributed by atoms with Gasteiger partial charge in [-0.15, -0.1) is 11.3 Å². The first kappa shape index (κ1) is 25.6. The molecular formula is C24H27N5O5S2. The molecule has 4 rings (SSSR count). The molecule has 0 aliphatic carbocycles. The molecule has 36 heavy (non-hydrogen) atoms. The van der Waals surface area contributed by atoms with Gasteiger partial charge in [0.2, 0.25) is 5.91 Å². The van der Waals surface area contributed by atoms with Crippen LogP contribution in [0.4, 0.5) is 5.69 Å². The summed E-state index contributed by atoms with van der Waals surface area (Å²) in [5.74, 6) is -1.10. The smallest absolute Gasteiger partial charge is 0.270 e. The number of rotatable bonds is 10. The summed E-state index contributed by atoms with van der Waals surface area (Å²) < 4.78 is 14.9. The molecule has 0 unspecified atom stereocenters. The monoisotopic (exact) mass is 529 g/mol. The van der Waals surface area contributed by atoms with E-state index in [1.807, 2.05) is 17.5 Å². The molecule has 2 atom stereocenters.